The third kappa shape index (κ3) is 7.80. The summed E-state index contributed by atoms with van der Waals surface area (Å²) >= 11 is 0. The second-order valence-corrected chi connectivity index (χ2v) is 20.3. The number of hydrogen-bond acceptors (Lipinski definition) is 2. The van der Waals surface area contributed by atoms with E-state index in [0.717, 1.165) is 0 Å². The minimum absolute atomic E-state index is 0.279. The Balaban J connectivity index is 1.33. The number of nitrogens with zero attached hydrogens (tertiary/aromatic N) is 2. The molecule has 0 aliphatic carbocycles. The zero-order valence-electron chi connectivity index (χ0n) is 42.1. The fourth-order valence-electron chi connectivity index (χ4n) is 11.1. The summed E-state index contributed by atoms with van der Waals surface area (Å²) in [5.41, 5.74) is 24.8. The molecule has 2 nitrogen and oxygen atoms in total. The molecule has 0 bridgehead atoms. The maximum absolute atomic E-state index is 2.57. The van der Waals surface area contributed by atoms with Gasteiger partial charge in [-0.15, -0.1) is 0 Å². The van der Waals surface area contributed by atoms with Gasteiger partial charge in [0.2, 0.25) is 0 Å². The summed E-state index contributed by atoms with van der Waals surface area (Å²) < 4.78 is 0. The first kappa shape index (κ1) is 44.7. The molecule has 0 heterocycles. The molecule has 0 aliphatic rings. The summed E-state index contributed by atoms with van der Waals surface area (Å²) in [6.07, 6.45) is 0. The molecule has 0 aromatic heterocycles. The lowest BCUT2D eigenvalue weighted by molar-refractivity contribution is 0.875. The minimum atomic E-state index is 0.279. The summed E-state index contributed by atoms with van der Waals surface area (Å²) in [7, 11) is 0. The predicted octanol–water partition coefficient (Wildman–Crippen LogP) is 19.6. The highest BCUT2D eigenvalue weighted by Crippen LogP contribution is 2.52. The van der Waals surface area contributed by atoms with Crippen molar-refractivity contribution in [1.82, 2.24) is 0 Å². The van der Waals surface area contributed by atoms with Crippen LogP contribution in [0.4, 0.5) is 34.1 Å². The minimum Gasteiger partial charge on any atom is -0.310 e. The Morgan fingerprint density at radius 1 is 0.309 bits per heavy atom. The lowest BCUT2D eigenvalue weighted by Gasteiger charge is -2.33. The quantitative estimate of drug-likeness (QED) is 0.126. The van der Waals surface area contributed by atoms with Crippen LogP contribution < -0.4 is 9.80 Å². The van der Waals surface area contributed by atoms with Crippen LogP contribution in [0.25, 0.3) is 54.6 Å². The highest BCUT2D eigenvalue weighted by atomic mass is 15.2. The average molecular weight is 885 g/mol. The standard InChI is InChI=1S/C66H64N2/c1-39(2)59-37-63(67(51-31-41(5)29-42(6)32-51)61-35-49(23-21-47(61)11)53-19-15-13-17-45(53)9)57-28-26-56-60(40(3)4)38-64(58-27-25-55(59)65(57)66(56)58)68(52-33-43(7)30-44(8)34-52)62-36-50(24-22-48(62)12)54-20-16-14-18-46(54)10/h13-40H,1-12H3. The van der Waals surface area contributed by atoms with Crippen LogP contribution in [0, 0.1) is 55.4 Å². The lowest BCUT2D eigenvalue weighted by atomic mass is 9.83. The van der Waals surface area contributed by atoms with Gasteiger partial charge in [-0.1, -0.05) is 137 Å². The molecule has 0 atom stereocenters. The molecule has 0 aliphatic heterocycles. The van der Waals surface area contributed by atoms with Crippen LogP contribution in [0.1, 0.15) is 95.2 Å². The first-order valence-corrected chi connectivity index (χ1v) is 24.5. The molecule has 2 heteroatoms. The maximum atomic E-state index is 2.57. The van der Waals surface area contributed by atoms with Crippen molar-refractivity contribution in [3.63, 3.8) is 0 Å². The van der Waals surface area contributed by atoms with Gasteiger partial charge in [0.05, 0.1) is 11.4 Å². The maximum Gasteiger partial charge on any atom is 0.0543 e. The molecule has 0 radical (unpaired) electrons. The number of hydrogen-bond donors (Lipinski definition) is 0. The van der Waals surface area contributed by atoms with Crippen molar-refractivity contribution in [2.45, 2.75) is 94.9 Å². The van der Waals surface area contributed by atoms with E-state index in [-0.39, 0.29) is 11.8 Å². The molecule has 0 fully saturated rings. The smallest absolute Gasteiger partial charge is 0.0543 e. The van der Waals surface area contributed by atoms with E-state index in [9.17, 15) is 0 Å². The molecule has 0 saturated carbocycles. The van der Waals surface area contributed by atoms with Crippen molar-refractivity contribution in [1.29, 1.82) is 0 Å². The van der Waals surface area contributed by atoms with Gasteiger partial charge in [0.15, 0.2) is 0 Å². The predicted molar refractivity (Wildman–Crippen MR) is 296 cm³/mol. The van der Waals surface area contributed by atoms with Gasteiger partial charge >= 0.3 is 0 Å². The normalized spacial score (nSPS) is 11.8. The molecular weight excluding hydrogens is 821 g/mol. The molecule has 0 N–H and O–H groups in total. The number of benzene rings is 10. The van der Waals surface area contributed by atoms with Gasteiger partial charge in [-0.25, -0.2) is 0 Å². The SMILES string of the molecule is Cc1cc(C)cc(N(c2cc(-c3ccccc3C)ccc2C)c2cc(C(C)C)c3ccc4c(N(c5cc(C)cc(C)c5)c5cc(-c6ccccc6C)ccc5C)cc(C(C)C)c5ccc2c3c54)c1. The van der Waals surface area contributed by atoms with E-state index < -0.39 is 0 Å². The van der Waals surface area contributed by atoms with Crippen LogP contribution in [-0.4, -0.2) is 0 Å². The molecule has 0 saturated heterocycles. The molecule has 10 aromatic rings. The van der Waals surface area contributed by atoms with Crippen molar-refractivity contribution in [2.75, 3.05) is 9.80 Å². The third-order valence-corrected chi connectivity index (χ3v) is 14.4. The summed E-state index contributed by atoms with van der Waals surface area (Å²) in [4.78, 5) is 5.14. The molecule has 0 unspecified atom stereocenters. The largest absolute Gasteiger partial charge is 0.310 e. The zero-order chi connectivity index (χ0) is 47.7. The van der Waals surface area contributed by atoms with Crippen molar-refractivity contribution in [3.8, 4) is 22.3 Å². The van der Waals surface area contributed by atoms with Crippen LogP contribution in [0.5, 0.6) is 0 Å². The molecule has 10 rings (SSSR count). The summed E-state index contributed by atoms with van der Waals surface area (Å²) in [5, 5.41) is 7.82. The fraction of sp³-hybridized carbons (Fsp3) is 0.212. The van der Waals surface area contributed by atoms with Gasteiger partial charge in [-0.2, -0.15) is 0 Å². The van der Waals surface area contributed by atoms with E-state index >= 15 is 0 Å². The topological polar surface area (TPSA) is 6.48 Å². The Morgan fingerprint density at radius 3 is 1.01 bits per heavy atom. The Morgan fingerprint density at radius 2 is 0.662 bits per heavy atom. The first-order valence-electron chi connectivity index (χ1n) is 24.5. The molecule has 0 amide bonds. The van der Waals surface area contributed by atoms with E-state index in [1.165, 1.54) is 144 Å². The van der Waals surface area contributed by atoms with Crippen LogP contribution in [0.15, 0.2) is 158 Å². The first-order chi connectivity index (χ1) is 32.7. The van der Waals surface area contributed by atoms with Crippen molar-refractivity contribution >= 4 is 66.4 Å². The summed E-state index contributed by atoms with van der Waals surface area (Å²) in [6, 6.07) is 60.4. The van der Waals surface area contributed by atoms with Crippen molar-refractivity contribution in [3.05, 3.63) is 213 Å². The van der Waals surface area contributed by atoms with Gasteiger partial charge < -0.3 is 9.80 Å². The summed E-state index contributed by atoms with van der Waals surface area (Å²) in [6.45, 7) is 27.3. The van der Waals surface area contributed by atoms with Crippen LogP contribution in [0.3, 0.4) is 0 Å². The second-order valence-electron chi connectivity index (χ2n) is 20.3. The fourth-order valence-corrected chi connectivity index (χ4v) is 11.1. The van der Waals surface area contributed by atoms with Crippen LogP contribution in [-0.2, 0) is 0 Å². The van der Waals surface area contributed by atoms with E-state index in [0.29, 0.717) is 0 Å². The van der Waals surface area contributed by atoms with E-state index in [4.69, 9.17) is 0 Å². The van der Waals surface area contributed by atoms with Gasteiger partial charge in [0.1, 0.15) is 0 Å². The van der Waals surface area contributed by atoms with Crippen molar-refractivity contribution in [2.24, 2.45) is 0 Å². The molecular formula is C66H64N2. The van der Waals surface area contributed by atoms with E-state index in [1.807, 2.05) is 0 Å². The van der Waals surface area contributed by atoms with Gasteiger partial charge in [-0.3, -0.25) is 0 Å². The Hall–Kier alpha value is -7.16. The highest BCUT2D eigenvalue weighted by Gasteiger charge is 2.28. The second kappa shape index (κ2) is 17.5. The Bertz CT molecular complexity index is 3290. The molecule has 68 heavy (non-hydrogen) atoms. The highest BCUT2D eigenvalue weighted by molar-refractivity contribution is 6.29. The van der Waals surface area contributed by atoms with Gasteiger partial charge in [0, 0.05) is 33.5 Å². The number of rotatable bonds is 10. The molecule has 338 valence electrons. The van der Waals surface area contributed by atoms with E-state index in [1.54, 1.807) is 0 Å². The third-order valence-electron chi connectivity index (χ3n) is 14.4. The molecule has 10 aromatic carbocycles. The Kier molecular flexibility index (Phi) is 11.5. The van der Waals surface area contributed by atoms with Crippen LogP contribution in [0.2, 0.25) is 0 Å². The van der Waals surface area contributed by atoms with Crippen LogP contribution >= 0.6 is 0 Å². The van der Waals surface area contributed by atoms with E-state index in [2.05, 4.69) is 251 Å². The zero-order valence-corrected chi connectivity index (χ0v) is 42.1. The number of aryl methyl sites for hydroxylation is 8. The Labute approximate surface area is 404 Å². The number of anilines is 6. The summed E-state index contributed by atoms with van der Waals surface area (Å²) in [5.74, 6) is 0.558. The average Bonchev–Trinajstić information content (AvgIpc) is 3.29. The monoisotopic (exact) mass is 885 g/mol. The molecule has 0 spiro atoms. The van der Waals surface area contributed by atoms with Crippen molar-refractivity contribution < 1.29 is 0 Å². The van der Waals surface area contributed by atoms with Gasteiger partial charge in [0.25, 0.3) is 0 Å². The lowest BCUT2D eigenvalue weighted by Crippen LogP contribution is -2.15. The van der Waals surface area contributed by atoms with Gasteiger partial charge in [-0.05, 0) is 215 Å².